The van der Waals surface area contributed by atoms with Crippen molar-refractivity contribution in [2.75, 3.05) is 46.8 Å². The molecule has 0 spiro atoms. The number of nitrogens with zero attached hydrogens (tertiary/aromatic N) is 14. The number of aromatic amines is 6. The molecule has 0 unspecified atom stereocenters. The lowest BCUT2D eigenvalue weighted by Gasteiger charge is -2.09. The fraction of sp³-hybridized carbons (Fsp3) is 0.240. The summed E-state index contributed by atoms with van der Waals surface area (Å²) >= 11 is 27.3. The lowest BCUT2D eigenvalue weighted by Crippen LogP contribution is -2.33. The summed E-state index contributed by atoms with van der Waals surface area (Å²) in [5.41, 5.74) is 16.3. The van der Waals surface area contributed by atoms with E-state index >= 15 is 0 Å². The molecule has 10 heterocycles. The summed E-state index contributed by atoms with van der Waals surface area (Å²) in [6, 6.07) is 20.4. The molecule has 47 nitrogen and oxygen atoms in total. The average molecular weight is 1850 g/mol. The monoisotopic (exact) mass is 1850 g/mol. The largest absolute Gasteiger partial charge is 0.477 e. The maximum absolute atomic E-state index is 11.6. The van der Waals surface area contributed by atoms with E-state index in [1.165, 1.54) is 35.8 Å². The van der Waals surface area contributed by atoms with Crippen LogP contribution in [-0.4, -0.2) is 196 Å². The zero-order chi connectivity index (χ0) is 92.1. The molecule has 12 aromatic rings. The molecule has 18 N–H and O–H groups in total. The van der Waals surface area contributed by atoms with Crippen LogP contribution in [0, 0.1) is 0 Å². The van der Waals surface area contributed by atoms with Gasteiger partial charge in [-0.1, -0.05) is 45.7 Å². The Balaban J connectivity index is 0.000000168. The van der Waals surface area contributed by atoms with Crippen LogP contribution in [0.1, 0.15) is 155 Å². The van der Waals surface area contributed by atoms with Crippen molar-refractivity contribution in [3.63, 3.8) is 0 Å². The van der Waals surface area contributed by atoms with Crippen LogP contribution in [0.2, 0.25) is 21.0 Å². The number of aromatic carboxylic acids is 2. The molecule has 52 heteroatoms. The number of ether oxygens (including phenoxy) is 3. The zero-order valence-electron chi connectivity index (χ0n) is 66.3. The molecule has 0 radical (unpaired) electrons. The number of carboxylic acid groups (broad SMARTS) is 2. The highest BCUT2D eigenvalue weighted by Gasteiger charge is 2.30. The molecular weight excluding hydrogens is 1780 g/mol. The van der Waals surface area contributed by atoms with Crippen LogP contribution < -0.4 is 81.6 Å². The molecule has 16 rings (SSSR count). The van der Waals surface area contributed by atoms with Gasteiger partial charge in [0.25, 0.3) is 33.7 Å². The fourth-order valence-corrected chi connectivity index (χ4v) is 10.4. The number of carboxylic acids is 2. The number of amides is 2. The fourth-order valence-electron chi connectivity index (χ4n) is 9.63. The first-order valence-corrected chi connectivity index (χ1v) is 39.2. The number of para-hydroxylation sites is 1. The van der Waals surface area contributed by atoms with E-state index in [1.807, 2.05) is 88.0 Å². The molecule has 2 aromatic carbocycles. The first kappa shape index (κ1) is 95.5. The second-order valence-corrected chi connectivity index (χ2v) is 27.8. The quantitative estimate of drug-likeness (QED) is 0.00753. The van der Waals surface area contributed by atoms with E-state index in [0.717, 1.165) is 86.8 Å². The Morgan fingerprint density at radius 1 is 0.472 bits per heavy atom. The molecule has 10 aromatic heterocycles. The molecule has 4 fully saturated rings. The van der Waals surface area contributed by atoms with E-state index in [1.54, 1.807) is 30.3 Å². The predicted octanol–water partition coefficient (Wildman–Crippen LogP) is 5.10. The Morgan fingerprint density at radius 2 is 0.866 bits per heavy atom. The summed E-state index contributed by atoms with van der Waals surface area (Å²) in [5.74, 6) is -3.19. The van der Waals surface area contributed by atoms with Crippen LogP contribution in [0.3, 0.4) is 0 Å². The second kappa shape index (κ2) is 45.7. The van der Waals surface area contributed by atoms with Gasteiger partial charge >= 0.3 is 58.9 Å². The number of hydrogen-bond acceptors (Lipinski definition) is 35. The van der Waals surface area contributed by atoms with Crippen LogP contribution in [-0.2, 0) is 14.2 Å². The van der Waals surface area contributed by atoms with Gasteiger partial charge in [0.15, 0.2) is 0 Å². The molecule has 662 valence electrons. The molecule has 0 atom stereocenters. The number of nitrogens with one attached hydrogen (secondary N) is 10. The van der Waals surface area contributed by atoms with Crippen molar-refractivity contribution in [2.45, 2.75) is 96.3 Å². The molecule has 4 aliphatic carbocycles. The first-order valence-electron chi connectivity index (χ1n) is 37.3. The molecule has 127 heavy (non-hydrogen) atoms. The number of esters is 3. The van der Waals surface area contributed by atoms with Crippen molar-refractivity contribution in [1.29, 1.82) is 0 Å². The predicted molar refractivity (Wildman–Crippen MR) is 454 cm³/mol. The third-order valence-corrected chi connectivity index (χ3v) is 17.4. The Kier molecular flexibility index (Phi) is 34.3. The number of pyridine rings is 1. The van der Waals surface area contributed by atoms with Crippen LogP contribution in [0.15, 0.2) is 151 Å². The van der Waals surface area contributed by atoms with Crippen molar-refractivity contribution < 1.29 is 72.2 Å². The van der Waals surface area contributed by atoms with E-state index in [-0.39, 0.29) is 68.0 Å². The van der Waals surface area contributed by atoms with Gasteiger partial charge in [0.05, 0.1) is 32.2 Å². The molecule has 0 saturated heterocycles. The number of aromatic nitrogens is 20. The van der Waals surface area contributed by atoms with E-state index in [2.05, 4.69) is 96.1 Å². The third-order valence-electron chi connectivity index (χ3n) is 16.4. The number of benzene rings is 2. The highest BCUT2D eigenvalue weighted by atomic mass is 35.5. The van der Waals surface area contributed by atoms with Crippen molar-refractivity contribution in [2.24, 2.45) is 11.5 Å². The minimum absolute atomic E-state index is 0.00144. The van der Waals surface area contributed by atoms with Crippen LogP contribution in [0.4, 0.5) is 29.0 Å². The van der Waals surface area contributed by atoms with Gasteiger partial charge in [-0.25, -0.2) is 67.8 Å². The van der Waals surface area contributed by atoms with Gasteiger partial charge in [-0.15, -0.1) is 5.10 Å². The number of rotatable bonds is 23. The average Bonchev–Trinajstić information content (AvgIpc) is 1.34. The van der Waals surface area contributed by atoms with Crippen LogP contribution in [0.25, 0.3) is 28.1 Å². The normalized spacial score (nSPS) is 12.4. The second-order valence-electron chi connectivity index (χ2n) is 26.1. The van der Waals surface area contributed by atoms with Gasteiger partial charge < -0.3 is 82.7 Å². The van der Waals surface area contributed by atoms with Crippen molar-refractivity contribution in [3.8, 4) is 23.1 Å². The number of nitrogens with two attached hydrogens (primary N) is 3. The van der Waals surface area contributed by atoms with Gasteiger partial charge in [-0.05, 0) is 176 Å². The third kappa shape index (κ3) is 29.7. The van der Waals surface area contributed by atoms with Crippen molar-refractivity contribution in [3.05, 3.63) is 251 Å². The van der Waals surface area contributed by atoms with Crippen LogP contribution in [0.5, 0.6) is 6.01 Å². The number of anilines is 5. The summed E-state index contributed by atoms with van der Waals surface area (Å²) < 4.78 is 16.0. The summed E-state index contributed by atoms with van der Waals surface area (Å²) in [7, 11) is 0. The highest BCUT2D eigenvalue weighted by molar-refractivity contribution is 6.67. The zero-order valence-corrected chi connectivity index (χ0v) is 70.0. The van der Waals surface area contributed by atoms with Crippen molar-refractivity contribution >= 4 is 145 Å². The number of fused-ring (bicyclic) bond motifs is 1. The van der Waals surface area contributed by atoms with Gasteiger partial charge in [-0.2, -0.15) is 15.0 Å². The molecule has 4 saturated carbocycles. The molecule has 0 aliphatic heterocycles. The number of H-pyrrole nitrogens is 6. The SMILES string of the molecule is CCOC(=O)c1c[nH]c(=O)[nH]c1=O.CCOC(=O)c1cnc(Cl)nc1Cl.CCOC(=O)c1cnc(Cl)nc1NC1CC1.NC(=O)c1cnc(-[n+]2ccc(-c3ccc(N)cc3)cc2)nc1NC1CC1.NC(=O)c1cnc(On2nnc3ccccc32)nc1NC1CC1.O=C(Cl)c1c[nH]c(=O)[nH]c1=O.O=C(O)c1c[nH]c(=O)[nH]c1=O.O=C(O)c1cnc(Cl)nc1NC1CC1. The molecule has 4 aliphatic rings. The Labute approximate surface area is 736 Å². The van der Waals surface area contributed by atoms with E-state index < -0.39 is 86.2 Å². The number of carbonyl (C=O) groups excluding carboxylic acids is 6. The van der Waals surface area contributed by atoms with Crippen LogP contribution >= 0.6 is 58.0 Å². The first-order chi connectivity index (χ1) is 60.7. The smallest absolute Gasteiger partial charge is 0.439 e. The van der Waals surface area contributed by atoms with Gasteiger partial charge in [0, 0.05) is 73.2 Å². The summed E-state index contributed by atoms with van der Waals surface area (Å²) in [4.78, 5) is 210. The minimum Gasteiger partial charge on any atom is -0.477 e. The minimum atomic E-state index is -1.37. The standard InChI is InChI=1S/C19H18N6O.C14H13N7O2.C10H12ClN3O2.C8H8ClN3O2.C7H6Cl2N2O2.C7H8N2O4.C5H3ClN2O3.C5H4N2O4/c20-14-3-1-12(2-4-14)13-7-9-25(10-8-13)19-22-11-16(17(21)26)18(24-19)23-15-5-6-15;15-12(22)9-7-16-14(18-13(9)17-8-5-6-8)23-21-11-4-2-1-3-10(11)19-20-21;1-2-16-9(15)7-5-12-10(11)14-8(7)13-6-3-4-6;9-8-10-3-5(7(13)14)6(12-8)11-4-1-2-4;1-2-13-6(12)4-3-10-7(9)11-5(4)8;1-2-13-6(11)4-3-8-7(12)9-5(4)10;6-3(9)2-1-7-5(11)8-4(2)10;8-3-2(4(9)10)1-6-5(11)7-3/h1-4,7-11,15,20H,5-6H2,(H3,21,22,23,24,26);1-4,7-8H,5-6H2,(H2,15,22)(H,16,17,18);5-6H,2-4H2,1H3,(H,12,13,14);3-4H,1-2H2,(H,13,14)(H,10,11,12);3H,2H2,1H3;3H,2H2,1H3,(H2,8,9,10,12);1H,(H2,7,8,10,11);1H,(H,9,10)(H2,6,7,8,11)/p+1. The maximum atomic E-state index is 11.6. The molecule has 0 bridgehead atoms. The van der Waals surface area contributed by atoms with Crippen molar-refractivity contribution in [1.82, 2.24) is 94.9 Å². The highest BCUT2D eigenvalue weighted by Crippen LogP contribution is 2.30. The number of hydrogen-bond donors (Lipinski definition) is 15. The van der Waals surface area contributed by atoms with E-state index in [0.29, 0.717) is 82.2 Å². The van der Waals surface area contributed by atoms with E-state index in [4.69, 9.17) is 99.7 Å². The lowest BCUT2D eigenvalue weighted by atomic mass is 10.1. The van der Waals surface area contributed by atoms with Gasteiger partial charge in [0.1, 0.15) is 84.3 Å². The lowest BCUT2D eigenvalue weighted by molar-refractivity contribution is -0.603. The number of primary amides is 2. The molecule has 2 amide bonds. The number of carbonyl (C=O) groups is 8. The topological polar surface area (TPSA) is 701 Å². The van der Waals surface area contributed by atoms with E-state index in [9.17, 15) is 67.1 Å². The molecular formula is C75H73Cl5N27O20+. The summed E-state index contributed by atoms with van der Waals surface area (Å²) in [5, 5.41) is 36.8. The van der Waals surface area contributed by atoms with Gasteiger partial charge in [0.2, 0.25) is 21.7 Å². The van der Waals surface area contributed by atoms with Gasteiger partial charge in [-0.3, -0.25) is 43.7 Å². The Hall–Kier alpha value is -15.4. The summed E-state index contributed by atoms with van der Waals surface area (Å²) in [6.07, 6.45) is 21.7. The number of nitrogen functional groups attached to an aromatic ring is 1. The summed E-state index contributed by atoms with van der Waals surface area (Å²) in [6.45, 7) is 5.85. The number of halogens is 5. The Morgan fingerprint density at radius 3 is 1.31 bits per heavy atom. The maximum Gasteiger partial charge on any atom is 0.439 e. The Bertz CT molecular complexity index is 6300.